The first-order valence-corrected chi connectivity index (χ1v) is 11.9. The monoisotopic (exact) mass is 491 g/mol. The SMILES string of the molecule is COc1ccccc1-c1c[nH]c2ncnc(NC(C)c3nn4ccc(C)c4c(=O)n3-c3ccccc3)c12. The Balaban J connectivity index is 1.51. The molecule has 0 amide bonds. The van der Waals surface area contributed by atoms with Crippen molar-refractivity contribution in [1.82, 2.24) is 29.1 Å². The fourth-order valence-electron chi connectivity index (χ4n) is 4.76. The van der Waals surface area contributed by atoms with Crippen LogP contribution in [0.1, 0.15) is 24.4 Å². The molecule has 6 rings (SSSR count). The lowest BCUT2D eigenvalue weighted by Crippen LogP contribution is -2.29. The van der Waals surface area contributed by atoms with Crippen LogP contribution in [-0.2, 0) is 0 Å². The third-order valence-corrected chi connectivity index (χ3v) is 6.54. The number of H-pyrrole nitrogens is 1. The first-order valence-electron chi connectivity index (χ1n) is 11.9. The average Bonchev–Trinajstić information content (AvgIpc) is 3.53. The van der Waals surface area contributed by atoms with Crippen molar-refractivity contribution in [3.8, 4) is 22.6 Å². The van der Waals surface area contributed by atoms with Crippen molar-refractivity contribution in [2.75, 3.05) is 12.4 Å². The minimum atomic E-state index is -0.376. The molecule has 6 aromatic rings. The van der Waals surface area contributed by atoms with Gasteiger partial charge in [0.25, 0.3) is 5.56 Å². The number of nitrogens with one attached hydrogen (secondary N) is 2. The van der Waals surface area contributed by atoms with Gasteiger partial charge in [-0.25, -0.2) is 14.5 Å². The van der Waals surface area contributed by atoms with Crippen LogP contribution in [0.2, 0.25) is 0 Å². The van der Waals surface area contributed by atoms with E-state index in [4.69, 9.17) is 9.84 Å². The van der Waals surface area contributed by atoms with Gasteiger partial charge >= 0.3 is 0 Å². The van der Waals surface area contributed by atoms with Crippen LogP contribution in [0, 0.1) is 6.92 Å². The van der Waals surface area contributed by atoms with Gasteiger partial charge in [0.05, 0.1) is 24.2 Å². The highest BCUT2D eigenvalue weighted by Gasteiger charge is 2.22. The molecule has 37 heavy (non-hydrogen) atoms. The number of methoxy groups -OCH3 is 1. The summed E-state index contributed by atoms with van der Waals surface area (Å²) >= 11 is 0. The van der Waals surface area contributed by atoms with Gasteiger partial charge in [0.15, 0.2) is 5.82 Å². The number of rotatable bonds is 6. The lowest BCUT2D eigenvalue weighted by atomic mass is 10.0. The molecule has 2 N–H and O–H groups in total. The molecule has 0 radical (unpaired) electrons. The van der Waals surface area contributed by atoms with Gasteiger partial charge in [-0.05, 0) is 43.7 Å². The Morgan fingerprint density at radius 2 is 1.78 bits per heavy atom. The van der Waals surface area contributed by atoms with Crippen molar-refractivity contribution >= 4 is 22.4 Å². The van der Waals surface area contributed by atoms with Gasteiger partial charge in [-0.3, -0.25) is 9.36 Å². The Labute approximate surface area is 212 Å². The number of hydrogen-bond acceptors (Lipinski definition) is 6. The molecular weight excluding hydrogens is 466 g/mol. The molecule has 184 valence electrons. The molecule has 0 fully saturated rings. The van der Waals surface area contributed by atoms with Gasteiger partial charge in [-0.2, -0.15) is 5.10 Å². The summed E-state index contributed by atoms with van der Waals surface area (Å²) in [5.41, 5.74) is 4.56. The smallest absolute Gasteiger partial charge is 0.282 e. The van der Waals surface area contributed by atoms with Gasteiger partial charge in [0, 0.05) is 23.5 Å². The Morgan fingerprint density at radius 3 is 2.59 bits per heavy atom. The van der Waals surface area contributed by atoms with E-state index in [0.29, 0.717) is 22.8 Å². The van der Waals surface area contributed by atoms with E-state index in [1.54, 1.807) is 16.2 Å². The second-order valence-corrected chi connectivity index (χ2v) is 8.84. The van der Waals surface area contributed by atoms with Crippen molar-refractivity contribution in [2.24, 2.45) is 0 Å². The van der Waals surface area contributed by atoms with E-state index < -0.39 is 0 Å². The number of anilines is 1. The number of aryl methyl sites for hydroxylation is 1. The Kier molecular flexibility index (Phi) is 5.45. The quantitative estimate of drug-likeness (QED) is 0.343. The normalized spacial score (nSPS) is 12.2. The maximum Gasteiger partial charge on any atom is 0.282 e. The van der Waals surface area contributed by atoms with Crippen LogP contribution in [-0.4, -0.2) is 36.2 Å². The lowest BCUT2D eigenvalue weighted by Gasteiger charge is -2.20. The molecule has 4 aromatic heterocycles. The standard InChI is InChI=1S/C28H25N7O2/c1-17-13-14-34-24(17)28(36)35(19-9-5-4-6-10-19)27(33-34)18(2)32-26-23-21(15-29-25(23)30-16-31-26)20-11-7-8-12-22(20)37-3/h4-16,18H,1-3H3,(H2,29,30,31,32). The number of para-hydroxylation sites is 2. The zero-order chi connectivity index (χ0) is 25.5. The van der Waals surface area contributed by atoms with Gasteiger partial charge < -0.3 is 15.0 Å². The maximum absolute atomic E-state index is 13.7. The molecule has 0 spiro atoms. The van der Waals surface area contributed by atoms with Crippen LogP contribution < -0.4 is 15.6 Å². The minimum Gasteiger partial charge on any atom is -0.496 e. The van der Waals surface area contributed by atoms with Crippen molar-refractivity contribution in [3.63, 3.8) is 0 Å². The van der Waals surface area contributed by atoms with Crippen molar-refractivity contribution in [2.45, 2.75) is 19.9 Å². The minimum absolute atomic E-state index is 0.128. The summed E-state index contributed by atoms with van der Waals surface area (Å²) in [5, 5.41) is 9.17. The number of fused-ring (bicyclic) bond motifs is 2. The number of aromatic nitrogens is 6. The molecule has 2 aromatic carbocycles. The third kappa shape index (κ3) is 3.72. The molecule has 0 aliphatic rings. The number of benzene rings is 2. The summed E-state index contributed by atoms with van der Waals surface area (Å²) in [5.74, 6) is 1.93. The van der Waals surface area contributed by atoms with Crippen molar-refractivity contribution < 1.29 is 4.74 Å². The number of nitrogens with zero attached hydrogens (tertiary/aromatic N) is 5. The fourth-order valence-corrected chi connectivity index (χ4v) is 4.76. The zero-order valence-electron chi connectivity index (χ0n) is 20.6. The number of hydrogen-bond donors (Lipinski definition) is 2. The highest BCUT2D eigenvalue weighted by molar-refractivity contribution is 6.02. The topological polar surface area (TPSA) is 102 Å². The van der Waals surface area contributed by atoms with Gasteiger partial charge in [0.1, 0.15) is 29.1 Å². The molecule has 9 nitrogen and oxygen atoms in total. The van der Waals surface area contributed by atoms with Gasteiger partial charge in [0.2, 0.25) is 0 Å². The molecule has 9 heteroatoms. The third-order valence-electron chi connectivity index (χ3n) is 6.54. The van der Waals surface area contributed by atoms with Crippen LogP contribution in [0.25, 0.3) is 33.4 Å². The molecule has 4 heterocycles. The first kappa shape index (κ1) is 22.5. The van der Waals surface area contributed by atoms with Gasteiger partial charge in [-0.15, -0.1) is 0 Å². The van der Waals surface area contributed by atoms with E-state index in [1.807, 2.05) is 86.9 Å². The predicted octanol–water partition coefficient (Wildman–Crippen LogP) is 4.91. The van der Waals surface area contributed by atoms with E-state index in [2.05, 4.69) is 20.3 Å². The van der Waals surface area contributed by atoms with Crippen LogP contribution in [0.15, 0.2) is 84.2 Å². The molecule has 1 atom stereocenters. The van der Waals surface area contributed by atoms with E-state index in [1.165, 1.54) is 6.33 Å². The molecule has 0 aliphatic carbocycles. The Hall–Kier alpha value is -4.92. The second kappa shape index (κ2) is 8.94. The summed E-state index contributed by atoms with van der Waals surface area (Å²) in [6, 6.07) is 18.9. The van der Waals surface area contributed by atoms with E-state index in [9.17, 15) is 4.79 Å². The zero-order valence-corrected chi connectivity index (χ0v) is 20.6. The molecule has 0 aliphatic heterocycles. The number of ether oxygens (including phenoxy) is 1. The molecule has 0 saturated heterocycles. The van der Waals surface area contributed by atoms with Crippen molar-refractivity contribution in [1.29, 1.82) is 0 Å². The summed E-state index contributed by atoms with van der Waals surface area (Å²) in [6.07, 6.45) is 5.22. The van der Waals surface area contributed by atoms with Gasteiger partial charge in [-0.1, -0.05) is 36.4 Å². The van der Waals surface area contributed by atoms with Crippen LogP contribution in [0.5, 0.6) is 5.75 Å². The van der Waals surface area contributed by atoms with Crippen LogP contribution in [0.3, 0.4) is 0 Å². The highest BCUT2D eigenvalue weighted by Crippen LogP contribution is 2.37. The summed E-state index contributed by atoms with van der Waals surface area (Å²) in [6.45, 7) is 3.88. The predicted molar refractivity (Wildman–Crippen MR) is 143 cm³/mol. The van der Waals surface area contributed by atoms with E-state index in [0.717, 1.165) is 33.5 Å². The average molecular weight is 492 g/mol. The first-order chi connectivity index (χ1) is 18.1. The fraction of sp³-hybridized carbons (Fsp3) is 0.143. The Bertz CT molecular complexity index is 1800. The van der Waals surface area contributed by atoms with Crippen LogP contribution in [0.4, 0.5) is 5.82 Å². The second-order valence-electron chi connectivity index (χ2n) is 8.84. The van der Waals surface area contributed by atoms with Crippen molar-refractivity contribution in [3.05, 3.63) is 101 Å². The molecule has 0 bridgehead atoms. The maximum atomic E-state index is 13.7. The number of aromatic amines is 1. The van der Waals surface area contributed by atoms with E-state index in [-0.39, 0.29) is 11.6 Å². The largest absolute Gasteiger partial charge is 0.496 e. The Morgan fingerprint density at radius 1 is 1.00 bits per heavy atom. The molecule has 0 saturated carbocycles. The summed E-state index contributed by atoms with van der Waals surface area (Å²) in [4.78, 5) is 25.9. The van der Waals surface area contributed by atoms with Crippen LogP contribution >= 0.6 is 0 Å². The lowest BCUT2D eigenvalue weighted by molar-refractivity contribution is 0.416. The summed E-state index contributed by atoms with van der Waals surface area (Å²) < 4.78 is 8.92. The molecule has 1 unspecified atom stereocenters. The highest BCUT2D eigenvalue weighted by atomic mass is 16.5. The van der Waals surface area contributed by atoms with E-state index >= 15 is 0 Å². The summed E-state index contributed by atoms with van der Waals surface area (Å²) in [7, 11) is 1.65. The molecular formula is C28H25N7O2.